The van der Waals surface area contributed by atoms with Crippen molar-refractivity contribution in [1.82, 2.24) is 0 Å². The van der Waals surface area contributed by atoms with Crippen LogP contribution in [0, 0.1) is 0 Å². The molecule has 1 heterocycles. The van der Waals surface area contributed by atoms with Crippen LogP contribution in [0.3, 0.4) is 0 Å². The molecule has 0 amide bonds. The molecule has 1 aromatic carbocycles. The number of hydrogen-bond donors (Lipinski definition) is 1. The highest BCUT2D eigenvalue weighted by molar-refractivity contribution is 5.47. The third kappa shape index (κ3) is 3.95. The first-order chi connectivity index (χ1) is 9.20. The van der Waals surface area contributed by atoms with Crippen molar-refractivity contribution in [3.63, 3.8) is 0 Å². The van der Waals surface area contributed by atoms with Gasteiger partial charge in [-0.3, -0.25) is 0 Å². The van der Waals surface area contributed by atoms with Crippen LogP contribution in [0.2, 0.25) is 0 Å². The molecule has 0 saturated carbocycles. The van der Waals surface area contributed by atoms with Gasteiger partial charge in [0.2, 0.25) is 0 Å². The molecular weight excluding hydrogens is 236 g/mol. The number of ether oxygens (including phenoxy) is 1. The Kier molecular flexibility index (Phi) is 5.23. The zero-order valence-electron chi connectivity index (χ0n) is 12.1. The third-order valence-electron chi connectivity index (χ3n) is 3.95. The minimum Gasteiger partial charge on any atom is -0.376 e. The van der Waals surface area contributed by atoms with Gasteiger partial charge in [0.15, 0.2) is 0 Å². The quantitative estimate of drug-likeness (QED) is 0.886. The van der Waals surface area contributed by atoms with Crippen LogP contribution in [0.4, 0.5) is 5.69 Å². The first kappa shape index (κ1) is 14.4. The molecule has 1 unspecified atom stereocenters. The second-order valence-electron chi connectivity index (χ2n) is 5.48. The Bertz CT molecular complexity index is 371. The summed E-state index contributed by atoms with van der Waals surface area (Å²) in [6, 6.07) is 8.76. The van der Waals surface area contributed by atoms with Crippen molar-refractivity contribution < 1.29 is 4.74 Å². The molecule has 3 nitrogen and oxygen atoms in total. The second kappa shape index (κ2) is 6.92. The molecule has 0 aliphatic carbocycles. The van der Waals surface area contributed by atoms with E-state index in [1.54, 1.807) is 0 Å². The van der Waals surface area contributed by atoms with Crippen molar-refractivity contribution in [1.29, 1.82) is 0 Å². The van der Waals surface area contributed by atoms with Gasteiger partial charge in [0.25, 0.3) is 0 Å². The monoisotopic (exact) mass is 262 g/mol. The molecule has 19 heavy (non-hydrogen) atoms. The standard InChI is InChI=1S/C16H26N2O/c1-3-16(17)13-7-9-14(10-8-13)18(2)12-15-6-4-5-11-19-15/h7-10,15-16H,3-6,11-12,17H2,1-2H3/t15?,16-/m0/s1. The molecule has 1 aliphatic heterocycles. The van der Waals surface area contributed by atoms with Crippen LogP contribution >= 0.6 is 0 Å². The second-order valence-corrected chi connectivity index (χ2v) is 5.48. The number of nitrogens with zero attached hydrogens (tertiary/aromatic N) is 1. The van der Waals surface area contributed by atoms with E-state index in [1.807, 2.05) is 0 Å². The van der Waals surface area contributed by atoms with E-state index in [1.165, 1.54) is 30.5 Å². The maximum Gasteiger partial charge on any atom is 0.0749 e. The van der Waals surface area contributed by atoms with Crippen molar-refractivity contribution >= 4 is 5.69 Å². The summed E-state index contributed by atoms with van der Waals surface area (Å²) in [6.45, 7) is 4.01. The largest absolute Gasteiger partial charge is 0.376 e. The zero-order chi connectivity index (χ0) is 13.7. The molecule has 2 rings (SSSR count). The number of nitrogens with two attached hydrogens (primary N) is 1. The fraction of sp³-hybridized carbons (Fsp3) is 0.625. The van der Waals surface area contributed by atoms with E-state index in [2.05, 4.69) is 43.1 Å². The molecule has 2 atom stereocenters. The molecule has 1 aromatic rings. The first-order valence-corrected chi connectivity index (χ1v) is 7.39. The van der Waals surface area contributed by atoms with Crippen LogP contribution in [-0.2, 0) is 4.74 Å². The number of hydrogen-bond acceptors (Lipinski definition) is 3. The van der Waals surface area contributed by atoms with Crippen LogP contribution in [-0.4, -0.2) is 26.3 Å². The fourth-order valence-electron chi connectivity index (χ4n) is 2.57. The van der Waals surface area contributed by atoms with Gasteiger partial charge in [0.05, 0.1) is 6.10 Å². The van der Waals surface area contributed by atoms with E-state index >= 15 is 0 Å². The van der Waals surface area contributed by atoms with E-state index in [9.17, 15) is 0 Å². The van der Waals surface area contributed by atoms with E-state index in [0.29, 0.717) is 6.10 Å². The minimum atomic E-state index is 0.154. The van der Waals surface area contributed by atoms with Crippen molar-refractivity contribution in [3.05, 3.63) is 29.8 Å². The van der Waals surface area contributed by atoms with Gasteiger partial charge in [-0.1, -0.05) is 19.1 Å². The van der Waals surface area contributed by atoms with Gasteiger partial charge in [0, 0.05) is 31.9 Å². The molecule has 0 aromatic heterocycles. The Labute approximate surface area is 116 Å². The molecule has 106 valence electrons. The Hall–Kier alpha value is -1.06. The lowest BCUT2D eigenvalue weighted by Crippen LogP contribution is -2.33. The first-order valence-electron chi connectivity index (χ1n) is 7.39. The van der Waals surface area contributed by atoms with Crippen molar-refractivity contribution in [3.8, 4) is 0 Å². The topological polar surface area (TPSA) is 38.5 Å². The summed E-state index contributed by atoms with van der Waals surface area (Å²) in [4.78, 5) is 2.28. The van der Waals surface area contributed by atoms with Gasteiger partial charge in [-0.2, -0.15) is 0 Å². The van der Waals surface area contributed by atoms with E-state index in [0.717, 1.165) is 19.6 Å². The van der Waals surface area contributed by atoms with Crippen LogP contribution in [0.25, 0.3) is 0 Å². The predicted molar refractivity (Wildman–Crippen MR) is 80.5 cm³/mol. The molecular formula is C16H26N2O. The maximum absolute atomic E-state index is 6.04. The summed E-state index contributed by atoms with van der Waals surface area (Å²) in [5.41, 5.74) is 8.49. The molecule has 0 bridgehead atoms. The zero-order valence-corrected chi connectivity index (χ0v) is 12.1. The predicted octanol–water partition coefficient (Wildman–Crippen LogP) is 3.10. The summed E-state index contributed by atoms with van der Waals surface area (Å²) in [5.74, 6) is 0. The average Bonchev–Trinajstić information content (AvgIpc) is 2.47. The summed E-state index contributed by atoms with van der Waals surface area (Å²) in [5, 5.41) is 0. The minimum absolute atomic E-state index is 0.154. The molecule has 2 N–H and O–H groups in total. The normalized spacial score (nSPS) is 21.1. The fourth-order valence-corrected chi connectivity index (χ4v) is 2.57. The average molecular weight is 262 g/mol. The molecule has 1 fully saturated rings. The van der Waals surface area contributed by atoms with Crippen molar-refractivity contribution in [2.45, 2.75) is 44.8 Å². The van der Waals surface area contributed by atoms with Gasteiger partial charge < -0.3 is 15.4 Å². The van der Waals surface area contributed by atoms with Crippen LogP contribution in [0.1, 0.15) is 44.2 Å². The number of anilines is 1. The lowest BCUT2D eigenvalue weighted by atomic mass is 10.0. The third-order valence-corrected chi connectivity index (χ3v) is 3.95. The molecule has 1 aliphatic rings. The van der Waals surface area contributed by atoms with E-state index < -0.39 is 0 Å². The number of likely N-dealkylation sites (N-methyl/N-ethyl adjacent to an activating group) is 1. The summed E-state index contributed by atoms with van der Waals surface area (Å²) >= 11 is 0. The van der Waals surface area contributed by atoms with Crippen LogP contribution in [0.5, 0.6) is 0 Å². The molecule has 3 heteroatoms. The Morgan fingerprint density at radius 1 is 1.32 bits per heavy atom. The maximum atomic E-state index is 6.04. The lowest BCUT2D eigenvalue weighted by Gasteiger charge is -2.28. The smallest absolute Gasteiger partial charge is 0.0749 e. The summed E-state index contributed by atoms with van der Waals surface area (Å²) in [6.07, 6.45) is 5.05. The molecule has 0 radical (unpaired) electrons. The summed E-state index contributed by atoms with van der Waals surface area (Å²) < 4.78 is 5.79. The molecule has 1 saturated heterocycles. The SMILES string of the molecule is CC[C@H](N)c1ccc(N(C)CC2CCCCO2)cc1. The summed E-state index contributed by atoms with van der Waals surface area (Å²) in [7, 11) is 2.13. The highest BCUT2D eigenvalue weighted by Gasteiger charge is 2.16. The van der Waals surface area contributed by atoms with Gasteiger partial charge in [0.1, 0.15) is 0 Å². The van der Waals surface area contributed by atoms with Gasteiger partial charge in [-0.15, -0.1) is 0 Å². The highest BCUT2D eigenvalue weighted by atomic mass is 16.5. The van der Waals surface area contributed by atoms with Crippen LogP contribution in [0.15, 0.2) is 24.3 Å². The Morgan fingerprint density at radius 3 is 2.63 bits per heavy atom. The number of benzene rings is 1. The van der Waals surface area contributed by atoms with Gasteiger partial charge >= 0.3 is 0 Å². The number of rotatable bonds is 5. The van der Waals surface area contributed by atoms with E-state index in [4.69, 9.17) is 10.5 Å². The van der Waals surface area contributed by atoms with Crippen molar-refractivity contribution in [2.75, 3.05) is 25.1 Å². The molecule has 0 spiro atoms. The van der Waals surface area contributed by atoms with E-state index in [-0.39, 0.29) is 6.04 Å². The van der Waals surface area contributed by atoms with Crippen molar-refractivity contribution in [2.24, 2.45) is 5.73 Å². The van der Waals surface area contributed by atoms with Gasteiger partial charge in [-0.25, -0.2) is 0 Å². The lowest BCUT2D eigenvalue weighted by molar-refractivity contribution is 0.0216. The van der Waals surface area contributed by atoms with Gasteiger partial charge in [-0.05, 0) is 43.4 Å². The van der Waals surface area contributed by atoms with Crippen LogP contribution < -0.4 is 10.6 Å². The Balaban J connectivity index is 1.93. The highest BCUT2D eigenvalue weighted by Crippen LogP contribution is 2.21. The Morgan fingerprint density at radius 2 is 2.05 bits per heavy atom.